The third-order valence-electron chi connectivity index (χ3n) is 7.97. The van der Waals surface area contributed by atoms with Crippen LogP contribution in [0.4, 0.5) is 0 Å². The topological polar surface area (TPSA) is 78.1 Å². The molecule has 8 nitrogen and oxygen atoms in total. The normalized spacial score (nSPS) is 17.9. The molecule has 2 aromatic heterocycles. The van der Waals surface area contributed by atoms with Crippen molar-refractivity contribution in [3.63, 3.8) is 0 Å². The van der Waals surface area contributed by atoms with Crippen LogP contribution in [-0.4, -0.2) is 55.3 Å². The van der Waals surface area contributed by atoms with Crippen LogP contribution >= 0.6 is 0 Å². The quantitative estimate of drug-likeness (QED) is 0.340. The summed E-state index contributed by atoms with van der Waals surface area (Å²) < 4.78 is 9.72. The van der Waals surface area contributed by atoms with Gasteiger partial charge in [-0.1, -0.05) is 30.3 Å². The number of aromatic nitrogens is 5. The minimum absolute atomic E-state index is 0.137. The fraction of sp³-hybridized carbons (Fsp3) is 0.355. The first-order valence-electron chi connectivity index (χ1n) is 13.7. The van der Waals surface area contributed by atoms with Gasteiger partial charge in [0.05, 0.1) is 24.8 Å². The molecule has 1 fully saturated rings. The lowest BCUT2D eigenvalue weighted by atomic mass is 9.80. The van der Waals surface area contributed by atoms with Crippen LogP contribution in [0.25, 0.3) is 17.8 Å². The lowest BCUT2D eigenvalue weighted by Gasteiger charge is -2.37. The highest BCUT2D eigenvalue weighted by atomic mass is 16.5. The van der Waals surface area contributed by atoms with Crippen molar-refractivity contribution in [2.24, 2.45) is 5.92 Å². The molecule has 0 N–H and O–H groups in total. The average molecular weight is 523 g/mol. The summed E-state index contributed by atoms with van der Waals surface area (Å²) in [6, 6.07) is 15.7. The zero-order valence-electron chi connectivity index (χ0n) is 22.5. The van der Waals surface area contributed by atoms with Crippen molar-refractivity contribution in [1.29, 1.82) is 0 Å². The molecular formula is C31H34N6O2. The van der Waals surface area contributed by atoms with E-state index in [4.69, 9.17) is 14.8 Å². The van der Waals surface area contributed by atoms with Gasteiger partial charge in [0.1, 0.15) is 11.6 Å². The van der Waals surface area contributed by atoms with Crippen LogP contribution in [0.1, 0.15) is 64.9 Å². The molecule has 0 bridgehead atoms. The molecule has 2 aliphatic rings. The van der Waals surface area contributed by atoms with Crippen molar-refractivity contribution in [2.75, 3.05) is 20.2 Å². The van der Waals surface area contributed by atoms with Gasteiger partial charge in [-0.25, -0.2) is 14.6 Å². The molecule has 1 atom stereocenters. The summed E-state index contributed by atoms with van der Waals surface area (Å²) in [5.41, 5.74) is 3.70. The maximum atomic E-state index is 12.9. The first-order valence-corrected chi connectivity index (χ1v) is 13.7. The Balaban J connectivity index is 1.14. The van der Waals surface area contributed by atoms with Crippen molar-refractivity contribution in [3.05, 3.63) is 89.5 Å². The fourth-order valence-corrected chi connectivity index (χ4v) is 5.92. The van der Waals surface area contributed by atoms with E-state index >= 15 is 0 Å². The Kier molecular flexibility index (Phi) is 7.00. The van der Waals surface area contributed by atoms with Gasteiger partial charge in [0.2, 0.25) is 0 Å². The van der Waals surface area contributed by atoms with E-state index < -0.39 is 0 Å². The predicted molar refractivity (Wildman–Crippen MR) is 151 cm³/mol. The Morgan fingerprint density at radius 1 is 1.03 bits per heavy atom. The highest BCUT2D eigenvalue weighted by Crippen LogP contribution is 2.38. The molecule has 39 heavy (non-hydrogen) atoms. The number of carbonyl (C=O) groups is 1. The highest BCUT2D eigenvalue weighted by Gasteiger charge is 2.34. The lowest BCUT2D eigenvalue weighted by Crippen LogP contribution is -2.40. The van der Waals surface area contributed by atoms with Gasteiger partial charge in [0.25, 0.3) is 5.91 Å². The molecular weight excluding hydrogens is 488 g/mol. The summed E-state index contributed by atoms with van der Waals surface area (Å²) in [6.45, 7) is 4.47. The van der Waals surface area contributed by atoms with E-state index in [1.165, 1.54) is 0 Å². The van der Waals surface area contributed by atoms with Crippen LogP contribution in [0.2, 0.25) is 0 Å². The summed E-state index contributed by atoms with van der Waals surface area (Å²) in [4.78, 5) is 24.2. The van der Waals surface area contributed by atoms with Crippen molar-refractivity contribution in [1.82, 2.24) is 29.2 Å². The Bertz CT molecular complexity index is 1480. The van der Waals surface area contributed by atoms with Gasteiger partial charge in [0.15, 0.2) is 5.82 Å². The van der Waals surface area contributed by atoms with E-state index in [0.29, 0.717) is 11.8 Å². The monoisotopic (exact) mass is 522 g/mol. The van der Waals surface area contributed by atoms with E-state index in [1.54, 1.807) is 13.4 Å². The molecule has 0 spiro atoms. The Morgan fingerprint density at radius 3 is 2.59 bits per heavy atom. The van der Waals surface area contributed by atoms with E-state index in [1.807, 2.05) is 77.2 Å². The average Bonchev–Trinajstić information content (AvgIpc) is 3.62. The summed E-state index contributed by atoms with van der Waals surface area (Å²) in [5, 5.41) is 4.81. The molecule has 6 rings (SSSR count). The van der Waals surface area contributed by atoms with Gasteiger partial charge in [-0.2, -0.15) is 5.10 Å². The van der Waals surface area contributed by atoms with E-state index in [0.717, 1.165) is 85.2 Å². The molecule has 0 aliphatic carbocycles. The van der Waals surface area contributed by atoms with Crippen molar-refractivity contribution >= 4 is 18.1 Å². The number of hydrogen-bond donors (Lipinski definition) is 0. The van der Waals surface area contributed by atoms with Gasteiger partial charge in [-0.3, -0.25) is 4.79 Å². The standard InChI is InChI=1S/C31H34N6O2/c1-22-20-36(21-32-22)27-12-10-23(19-28(27)39-2)11-13-29-33-30-26(9-6-16-37(30)34-29)24-14-17-35(18-15-24)31(38)25-7-4-3-5-8-25/h3-5,7-8,10-13,19-21,24,26H,6,9,14-18H2,1-2H3/t26-/m1/s1. The number of imidazole rings is 1. The Labute approximate surface area is 229 Å². The molecule has 1 amide bonds. The van der Waals surface area contributed by atoms with Gasteiger partial charge in [-0.05, 0) is 74.4 Å². The van der Waals surface area contributed by atoms with Crippen LogP contribution in [0.3, 0.4) is 0 Å². The molecule has 200 valence electrons. The van der Waals surface area contributed by atoms with Gasteiger partial charge in [0, 0.05) is 37.3 Å². The summed E-state index contributed by atoms with van der Waals surface area (Å²) in [6.07, 6.45) is 12.0. The number of methoxy groups -OCH3 is 1. The molecule has 0 saturated carbocycles. The number of hydrogen-bond acceptors (Lipinski definition) is 5. The molecule has 4 aromatic rings. The van der Waals surface area contributed by atoms with Crippen molar-refractivity contribution in [3.8, 4) is 11.4 Å². The molecule has 1 saturated heterocycles. The predicted octanol–water partition coefficient (Wildman–Crippen LogP) is 5.38. The van der Waals surface area contributed by atoms with Gasteiger partial charge in [-0.15, -0.1) is 0 Å². The second kappa shape index (κ2) is 10.9. The second-order valence-electron chi connectivity index (χ2n) is 10.5. The number of likely N-dealkylation sites (tertiary alicyclic amines) is 1. The first kappa shape index (κ1) is 25.1. The number of aryl methyl sites for hydroxylation is 2. The maximum Gasteiger partial charge on any atom is 0.253 e. The van der Waals surface area contributed by atoms with E-state index in [2.05, 4.69) is 15.7 Å². The molecule has 0 radical (unpaired) electrons. The first-order chi connectivity index (χ1) is 19.1. The number of rotatable bonds is 6. The minimum atomic E-state index is 0.137. The zero-order chi connectivity index (χ0) is 26.8. The number of fused-ring (bicyclic) bond motifs is 1. The number of amides is 1. The summed E-state index contributed by atoms with van der Waals surface area (Å²) >= 11 is 0. The van der Waals surface area contributed by atoms with Crippen LogP contribution in [0, 0.1) is 12.8 Å². The summed E-state index contributed by atoms with van der Waals surface area (Å²) in [7, 11) is 1.68. The third kappa shape index (κ3) is 5.24. The van der Waals surface area contributed by atoms with Crippen LogP contribution in [0.15, 0.2) is 61.1 Å². The molecule has 8 heteroatoms. The number of benzene rings is 2. The lowest BCUT2D eigenvalue weighted by molar-refractivity contribution is 0.0669. The smallest absolute Gasteiger partial charge is 0.253 e. The molecule has 2 aliphatic heterocycles. The van der Waals surface area contributed by atoms with Crippen molar-refractivity contribution in [2.45, 2.75) is 45.1 Å². The number of carbonyl (C=O) groups excluding carboxylic acids is 1. The van der Waals surface area contributed by atoms with E-state index in [9.17, 15) is 4.79 Å². The molecule has 4 heterocycles. The SMILES string of the molecule is COc1cc(C=Cc2nc3n(n2)CCC[C@@H]3C2CCN(C(=O)c3ccccc3)CC2)ccc1-n1cnc(C)c1. The Hall–Kier alpha value is -4.20. The van der Waals surface area contributed by atoms with Gasteiger partial charge < -0.3 is 14.2 Å². The van der Waals surface area contributed by atoms with Gasteiger partial charge >= 0.3 is 0 Å². The Morgan fingerprint density at radius 2 is 1.85 bits per heavy atom. The number of piperidine rings is 1. The van der Waals surface area contributed by atoms with Crippen LogP contribution < -0.4 is 4.74 Å². The van der Waals surface area contributed by atoms with Crippen LogP contribution in [0.5, 0.6) is 5.75 Å². The number of nitrogens with zero attached hydrogens (tertiary/aromatic N) is 6. The highest BCUT2D eigenvalue weighted by molar-refractivity contribution is 5.94. The zero-order valence-corrected chi connectivity index (χ0v) is 22.5. The third-order valence-corrected chi connectivity index (χ3v) is 7.97. The maximum absolute atomic E-state index is 12.9. The molecule has 0 unspecified atom stereocenters. The largest absolute Gasteiger partial charge is 0.495 e. The van der Waals surface area contributed by atoms with Crippen molar-refractivity contribution < 1.29 is 9.53 Å². The summed E-state index contributed by atoms with van der Waals surface area (Å²) in [5.74, 6) is 3.66. The fourth-order valence-electron chi connectivity index (χ4n) is 5.92. The van der Waals surface area contributed by atoms with Crippen LogP contribution in [-0.2, 0) is 6.54 Å². The molecule has 2 aromatic carbocycles. The van der Waals surface area contributed by atoms with E-state index in [-0.39, 0.29) is 5.91 Å². The second-order valence-corrected chi connectivity index (χ2v) is 10.5. The number of ether oxygens (including phenoxy) is 1. The minimum Gasteiger partial charge on any atom is -0.495 e.